The molecule has 1 aromatic heterocycles. The van der Waals surface area contributed by atoms with Crippen LogP contribution in [0.4, 0.5) is 0 Å². The molecule has 0 spiro atoms. The van der Waals surface area contributed by atoms with Crippen LogP contribution >= 0.6 is 0 Å². The second-order valence-corrected chi connectivity index (χ2v) is 6.77. The van der Waals surface area contributed by atoms with Crippen LogP contribution in [0.3, 0.4) is 0 Å². The van der Waals surface area contributed by atoms with E-state index < -0.39 is 10.8 Å². The smallest absolute Gasteiger partial charge is 0.244 e. The van der Waals surface area contributed by atoms with Gasteiger partial charge in [0.2, 0.25) is 5.91 Å². The van der Waals surface area contributed by atoms with Gasteiger partial charge < -0.3 is 5.32 Å². The molecule has 0 fully saturated rings. The highest BCUT2D eigenvalue weighted by atomic mass is 32.2. The number of nitrogens with zero attached hydrogens (tertiary/aromatic N) is 2. The molecule has 0 saturated carbocycles. The van der Waals surface area contributed by atoms with Crippen LogP contribution in [0, 0.1) is 13.8 Å². The van der Waals surface area contributed by atoms with Gasteiger partial charge in [0.15, 0.2) is 0 Å². The van der Waals surface area contributed by atoms with Crippen LogP contribution in [0.1, 0.15) is 24.4 Å². The summed E-state index contributed by atoms with van der Waals surface area (Å²) < 4.78 is 13.8. The number of hydrogen-bond acceptors (Lipinski definition) is 3. The maximum atomic E-state index is 12.2. The molecule has 0 aliphatic carbocycles. The summed E-state index contributed by atoms with van der Waals surface area (Å²) in [6.07, 6.45) is 0. The summed E-state index contributed by atoms with van der Waals surface area (Å²) in [6.45, 7) is 6.01. The molecule has 1 amide bonds. The molecule has 2 atom stereocenters. The molecular formula is C16H21N3O2S. The minimum absolute atomic E-state index is 0.115. The fourth-order valence-corrected chi connectivity index (χ4v) is 3.24. The molecule has 2 rings (SSSR count). The van der Waals surface area contributed by atoms with Crippen molar-refractivity contribution in [2.45, 2.75) is 31.7 Å². The maximum absolute atomic E-state index is 12.2. The third-order valence-electron chi connectivity index (χ3n) is 3.38. The number of hydrogen-bond donors (Lipinski definition) is 1. The van der Waals surface area contributed by atoms with Crippen molar-refractivity contribution in [3.05, 3.63) is 47.8 Å². The average Bonchev–Trinajstić information content (AvgIpc) is 2.85. The highest BCUT2D eigenvalue weighted by Gasteiger charge is 2.17. The van der Waals surface area contributed by atoms with Gasteiger partial charge in [0.25, 0.3) is 0 Å². The van der Waals surface area contributed by atoms with E-state index >= 15 is 0 Å². The molecule has 0 unspecified atom stereocenters. The van der Waals surface area contributed by atoms with Crippen molar-refractivity contribution in [2.75, 3.05) is 12.3 Å². The summed E-state index contributed by atoms with van der Waals surface area (Å²) >= 11 is 0. The van der Waals surface area contributed by atoms with E-state index in [4.69, 9.17) is 0 Å². The Morgan fingerprint density at radius 2 is 2.00 bits per heavy atom. The van der Waals surface area contributed by atoms with Gasteiger partial charge >= 0.3 is 0 Å². The molecule has 22 heavy (non-hydrogen) atoms. The Bertz CT molecular complexity index is 667. The normalized spacial score (nSPS) is 13.6. The van der Waals surface area contributed by atoms with E-state index in [1.165, 1.54) is 0 Å². The topological polar surface area (TPSA) is 64.0 Å². The van der Waals surface area contributed by atoms with Crippen molar-refractivity contribution in [1.82, 2.24) is 15.1 Å². The Hall–Kier alpha value is -1.95. The van der Waals surface area contributed by atoms with Crippen molar-refractivity contribution < 1.29 is 9.00 Å². The maximum Gasteiger partial charge on any atom is 0.244 e. The van der Waals surface area contributed by atoms with Gasteiger partial charge in [-0.3, -0.25) is 13.7 Å². The first kappa shape index (κ1) is 16.4. The van der Waals surface area contributed by atoms with Crippen LogP contribution in [-0.4, -0.2) is 32.2 Å². The number of carbonyl (C=O) groups is 1. The van der Waals surface area contributed by atoms with E-state index in [9.17, 15) is 9.00 Å². The minimum atomic E-state index is -1.09. The highest BCUT2D eigenvalue weighted by Crippen LogP contribution is 2.10. The Morgan fingerprint density at radius 1 is 1.32 bits per heavy atom. The lowest BCUT2D eigenvalue weighted by Crippen LogP contribution is -2.34. The standard InChI is InChI=1S/C16H21N3O2S/c1-12-11-13(2)19(18-12)14(3)16(20)17-9-10-22(21)15-7-5-4-6-8-15/h4-8,11,14H,9-10H2,1-3H3,(H,17,20)/t14-,22+/m0/s1. The van der Waals surface area contributed by atoms with E-state index in [-0.39, 0.29) is 11.9 Å². The molecule has 1 N–H and O–H groups in total. The van der Waals surface area contributed by atoms with Gasteiger partial charge in [0.1, 0.15) is 6.04 Å². The number of nitrogens with one attached hydrogen (secondary N) is 1. The monoisotopic (exact) mass is 319 g/mol. The van der Waals surface area contributed by atoms with E-state index in [0.29, 0.717) is 12.3 Å². The van der Waals surface area contributed by atoms with Gasteiger partial charge in [0, 0.05) is 22.9 Å². The summed E-state index contributed by atoms with van der Waals surface area (Å²) in [6, 6.07) is 10.8. The first-order valence-electron chi connectivity index (χ1n) is 7.23. The summed E-state index contributed by atoms with van der Waals surface area (Å²) in [5, 5.41) is 7.14. The first-order valence-corrected chi connectivity index (χ1v) is 8.55. The van der Waals surface area contributed by atoms with Gasteiger partial charge in [-0.2, -0.15) is 5.10 Å². The second-order valence-electron chi connectivity index (χ2n) is 5.20. The van der Waals surface area contributed by atoms with Gasteiger partial charge in [-0.15, -0.1) is 0 Å². The molecule has 0 saturated heterocycles. The second kappa shape index (κ2) is 7.35. The predicted molar refractivity (Wildman–Crippen MR) is 87.1 cm³/mol. The molecule has 0 aliphatic rings. The lowest BCUT2D eigenvalue weighted by molar-refractivity contribution is -0.124. The molecule has 6 heteroatoms. The SMILES string of the molecule is Cc1cc(C)n([C@@H](C)C(=O)NCC[S@@](=O)c2ccccc2)n1. The number of benzene rings is 1. The summed E-state index contributed by atoms with van der Waals surface area (Å²) in [7, 11) is -1.09. The van der Waals surface area contributed by atoms with Crippen molar-refractivity contribution >= 4 is 16.7 Å². The largest absolute Gasteiger partial charge is 0.353 e. The van der Waals surface area contributed by atoms with Crippen LogP contribution in [0.2, 0.25) is 0 Å². The zero-order valence-electron chi connectivity index (χ0n) is 13.1. The Morgan fingerprint density at radius 3 is 2.59 bits per heavy atom. The fraction of sp³-hybridized carbons (Fsp3) is 0.375. The van der Waals surface area contributed by atoms with Crippen molar-refractivity contribution in [2.24, 2.45) is 0 Å². The minimum Gasteiger partial charge on any atom is -0.353 e. The van der Waals surface area contributed by atoms with Gasteiger partial charge in [-0.25, -0.2) is 0 Å². The third kappa shape index (κ3) is 4.04. The summed E-state index contributed by atoms with van der Waals surface area (Å²) in [4.78, 5) is 12.9. The lowest BCUT2D eigenvalue weighted by Gasteiger charge is -2.14. The van der Waals surface area contributed by atoms with Crippen LogP contribution < -0.4 is 5.32 Å². The first-order chi connectivity index (χ1) is 10.5. The highest BCUT2D eigenvalue weighted by molar-refractivity contribution is 7.85. The number of carbonyl (C=O) groups excluding carboxylic acids is 1. The molecule has 0 aliphatic heterocycles. The van der Waals surface area contributed by atoms with Crippen LogP contribution in [0.25, 0.3) is 0 Å². The molecule has 0 bridgehead atoms. The van der Waals surface area contributed by atoms with E-state index in [0.717, 1.165) is 16.3 Å². The number of rotatable bonds is 6. The van der Waals surface area contributed by atoms with Crippen molar-refractivity contribution in [3.63, 3.8) is 0 Å². The Labute approximate surface area is 133 Å². The third-order valence-corrected chi connectivity index (χ3v) is 4.76. The Balaban J connectivity index is 1.85. The fourth-order valence-electron chi connectivity index (χ4n) is 2.25. The van der Waals surface area contributed by atoms with E-state index in [1.807, 2.05) is 57.2 Å². The van der Waals surface area contributed by atoms with Gasteiger partial charge in [-0.05, 0) is 39.0 Å². The molecule has 118 valence electrons. The van der Waals surface area contributed by atoms with E-state index in [2.05, 4.69) is 10.4 Å². The van der Waals surface area contributed by atoms with Crippen LogP contribution in [0.5, 0.6) is 0 Å². The predicted octanol–water partition coefficient (Wildman–Crippen LogP) is 1.98. The lowest BCUT2D eigenvalue weighted by atomic mass is 10.3. The van der Waals surface area contributed by atoms with Gasteiger partial charge in [-0.1, -0.05) is 18.2 Å². The summed E-state index contributed by atoms with van der Waals surface area (Å²) in [5.74, 6) is 0.288. The zero-order chi connectivity index (χ0) is 16.1. The molecule has 1 heterocycles. The van der Waals surface area contributed by atoms with Crippen LogP contribution in [0.15, 0.2) is 41.3 Å². The molecular weight excluding hydrogens is 298 g/mol. The van der Waals surface area contributed by atoms with E-state index in [1.54, 1.807) is 4.68 Å². The molecule has 0 radical (unpaired) electrons. The molecule has 5 nitrogen and oxygen atoms in total. The van der Waals surface area contributed by atoms with Crippen molar-refractivity contribution in [3.8, 4) is 0 Å². The summed E-state index contributed by atoms with van der Waals surface area (Å²) in [5.41, 5.74) is 1.84. The Kier molecular flexibility index (Phi) is 5.49. The average molecular weight is 319 g/mol. The number of aromatic nitrogens is 2. The van der Waals surface area contributed by atoms with Crippen LogP contribution in [-0.2, 0) is 15.6 Å². The van der Waals surface area contributed by atoms with Crippen molar-refractivity contribution in [1.29, 1.82) is 0 Å². The van der Waals surface area contributed by atoms with Gasteiger partial charge in [0.05, 0.1) is 16.5 Å². The molecule has 2 aromatic rings. The zero-order valence-corrected chi connectivity index (χ0v) is 13.9. The molecule has 1 aromatic carbocycles. The quantitative estimate of drug-likeness (QED) is 0.885. The number of amides is 1. The number of aryl methyl sites for hydroxylation is 2.